The minimum atomic E-state index is -0.369. The number of hydrogen-bond acceptors (Lipinski definition) is 3. The lowest BCUT2D eigenvalue weighted by Crippen LogP contribution is -2.25. The van der Waals surface area contributed by atoms with E-state index in [-0.39, 0.29) is 11.8 Å². The molecule has 3 aromatic carbocycles. The number of nitrogens with one attached hydrogen (secondary N) is 2. The fourth-order valence-corrected chi connectivity index (χ4v) is 2.93. The van der Waals surface area contributed by atoms with Crippen LogP contribution in [0.1, 0.15) is 38.3 Å². The quantitative estimate of drug-likeness (QED) is 0.601. The number of aryl methyl sites for hydroxylation is 1. The van der Waals surface area contributed by atoms with E-state index in [1.807, 2.05) is 24.3 Å². The predicted octanol–water partition coefficient (Wildman–Crippen LogP) is 4.17. The maximum Gasteiger partial charge on any atom is 0.255 e. The van der Waals surface area contributed by atoms with Crippen LogP contribution in [0, 0.1) is 11.3 Å². The summed E-state index contributed by atoms with van der Waals surface area (Å²) >= 11 is 0. The van der Waals surface area contributed by atoms with Crippen LogP contribution in [0.15, 0.2) is 78.9 Å². The summed E-state index contributed by atoms with van der Waals surface area (Å²) in [5.41, 5.74) is 2.84. The average molecular weight is 383 g/mol. The Hall–Kier alpha value is -3.91. The van der Waals surface area contributed by atoms with E-state index in [1.54, 1.807) is 48.5 Å². The molecule has 0 radical (unpaired) electrons. The first-order valence-electron chi connectivity index (χ1n) is 9.40. The van der Waals surface area contributed by atoms with Gasteiger partial charge in [0.05, 0.1) is 11.3 Å². The van der Waals surface area contributed by atoms with Crippen molar-refractivity contribution in [3.05, 3.63) is 101 Å². The molecule has 0 fully saturated rings. The average Bonchev–Trinajstić information content (AvgIpc) is 2.77. The van der Waals surface area contributed by atoms with Crippen molar-refractivity contribution in [2.24, 2.45) is 0 Å². The van der Waals surface area contributed by atoms with Gasteiger partial charge in [-0.1, -0.05) is 48.5 Å². The van der Waals surface area contributed by atoms with E-state index in [2.05, 4.69) is 22.8 Å². The smallest absolute Gasteiger partial charge is 0.255 e. The molecular weight excluding hydrogens is 362 g/mol. The zero-order valence-electron chi connectivity index (χ0n) is 15.9. The summed E-state index contributed by atoms with van der Waals surface area (Å²) in [7, 11) is 0. The molecule has 0 heterocycles. The Labute approximate surface area is 170 Å². The van der Waals surface area contributed by atoms with E-state index in [1.165, 1.54) is 5.56 Å². The number of amides is 2. The molecule has 0 aliphatic carbocycles. The van der Waals surface area contributed by atoms with Crippen molar-refractivity contribution in [2.45, 2.75) is 12.8 Å². The minimum Gasteiger partial charge on any atom is -0.352 e. The Bertz CT molecular complexity index is 1040. The second kappa shape index (κ2) is 9.86. The molecule has 0 bridgehead atoms. The number of anilines is 1. The van der Waals surface area contributed by atoms with Crippen LogP contribution in [0.3, 0.4) is 0 Å². The van der Waals surface area contributed by atoms with Crippen LogP contribution in [-0.4, -0.2) is 18.4 Å². The van der Waals surface area contributed by atoms with E-state index < -0.39 is 0 Å². The Morgan fingerprint density at radius 3 is 2.28 bits per heavy atom. The molecule has 0 aliphatic rings. The Kier molecular flexibility index (Phi) is 6.75. The number of rotatable bonds is 7. The zero-order valence-corrected chi connectivity index (χ0v) is 15.9. The highest BCUT2D eigenvalue weighted by Crippen LogP contribution is 2.15. The first kappa shape index (κ1) is 19.8. The van der Waals surface area contributed by atoms with E-state index in [9.17, 15) is 9.59 Å². The number of carbonyl (C=O) groups excluding carboxylic acids is 2. The molecular formula is C24H21N3O2. The molecule has 0 unspecified atom stereocenters. The van der Waals surface area contributed by atoms with Gasteiger partial charge in [-0.2, -0.15) is 5.26 Å². The lowest BCUT2D eigenvalue weighted by Gasteiger charge is -2.09. The molecule has 0 aliphatic heterocycles. The highest BCUT2D eigenvalue weighted by molar-refractivity contribution is 6.06. The molecule has 3 aromatic rings. The predicted molar refractivity (Wildman–Crippen MR) is 113 cm³/mol. The number of para-hydroxylation sites is 1. The number of nitriles is 1. The van der Waals surface area contributed by atoms with Crippen LogP contribution >= 0.6 is 0 Å². The summed E-state index contributed by atoms with van der Waals surface area (Å²) in [6, 6.07) is 25.5. The van der Waals surface area contributed by atoms with Crippen molar-refractivity contribution in [3.63, 3.8) is 0 Å². The van der Waals surface area contributed by atoms with Crippen LogP contribution in [-0.2, 0) is 6.42 Å². The lowest BCUT2D eigenvalue weighted by atomic mass is 10.1. The molecule has 0 aromatic heterocycles. The first-order chi connectivity index (χ1) is 14.2. The SMILES string of the molecule is N#Cc1ccccc1NC(=O)c1cccc(C(=O)NCCCc2ccccc2)c1. The van der Waals surface area contributed by atoms with Gasteiger partial charge in [0.2, 0.25) is 0 Å². The van der Waals surface area contributed by atoms with Crippen molar-refractivity contribution in [3.8, 4) is 6.07 Å². The van der Waals surface area contributed by atoms with Crippen molar-refractivity contribution >= 4 is 17.5 Å². The molecule has 29 heavy (non-hydrogen) atoms. The highest BCUT2D eigenvalue weighted by atomic mass is 16.2. The molecule has 0 spiro atoms. The second-order valence-corrected chi connectivity index (χ2v) is 6.54. The third kappa shape index (κ3) is 5.53. The summed E-state index contributed by atoms with van der Waals surface area (Å²) < 4.78 is 0. The second-order valence-electron chi connectivity index (χ2n) is 6.54. The molecule has 144 valence electrons. The Balaban J connectivity index is 1.57. The monoisotopic (exact) mass is 383 g/mol. The van der Waals surface area contributed by atoms with Crippen molar-refractivity contribution < 1.29 is 9.59 Å². The highest BCUT2D eigenvalue weighted by Gasteiger charge is 2.12. The molecule has 0 saturated carbocycles. The summed E-state index contributed by atoms with van der Waals surface area (Å²) in [5.74, 6) is -0.587. The molecule has 5 nitrogen and oxygen atoms in total. The van der Waals surface area contributed by atoms with Gasteiger partial charge in [0.15, 0.2) is 0 Å². The van der Waals surface area contributed by atoms with Gasteiger partial charge in [-0.3, -0.25) is 9.59 Å². The molecule has 2 N–H and O–H groups in total. The molecule has 0 saturated heterocycles. The standard InChI is InChI=1S/C24H21N3O2/c25-17-21-11-4-5-14-22(21)27-24(29)20-13-6-12-19(16-20)23(28)26-15-7-10-18-8-2-1-3-9-18/h1-6,8-9,11-14,16H,7,10,15H2,(H,26,28)(H,27,29). The Morgan fingerprint density at radius 1 is 0.828 bits per heavy atom. The van der Waals surface area contributed by atoms with Gasteiger partial charge in [-0.25, -0.2) is 0 Å². The summed E-state index contributed by atoms with van der Waals surface area (Å²) in [6.45, 7) is 0.555. The van der Waals surface area contributed by atoms with Crippen molar-refractivity contribution in [1.82, 2.24) is 5.32 Å². The van der Waals surface area contributed by atoms with Crippen LogP contribution in [0.5, 0.6) is 0 Å². The van der Waals surface area contributed by atoms with Crippen LogP contribution in [0.4, 0.5) is 5.69 Å². The molecule has 5 heteroatoms. The van der Waals surface area contributed by atoms with Gasteiger partial charge in [0, 0.05) is 17.7 Å². The largest absolute Gasteiger partial charge is 0.352 e. The third-order valence-corrected chi connectivity index (χ3v) is 4.45. The number of benzene rings is 3. The fraction of sp³-hybridized carbons (Fsp3) is 0.125. The van der Waals surface area contributed by atoms with Gasteiger partial charge in [-0.15, -0.1) is 0 Å². The number of carbonyl (C=O) groups is 2. The van der Waals surface area contributed by atoms with Gasteiger partial charge < -0.3 is 10.6 Å². The number of nitrogens with zero attached hydrogens (tertiary/aromatic N) is 1. The lowest BCUT2D eigenvalue weighted by molar-refractivity contribution is 0.0953. The summed E-state index contributed by atoms with van der Waals surface area (Å²) in [5, 5.41) is 14.8. The fourth-order valence-electron chi connectivity index (χ4n) is 2.93. The van der Waals surface area contributed by atoms with Gasteiger partial charge in [-0.05, 0) is 48.7 Å². The van der Waals surface area contributed by atoms with Crippen molar-refractivity contribution in [2.75, 3.05) is 11.9 Å². The minimum absolute atomic E-state index is 0.217. The van der Waals surface area contributed by atoms with Crippen molar-refractivity contribution in [1.29, 1.82) is 5.26 Å². The van der Waals surface area contributed by atoms with Gasteiger partial charge >= 0.3 is 0 Å². The molecule has 3 rings (SSSR count). The number of hydrogen-bond donors (Lipinski definition) is 2. The Morgan fingerprint density at radius 2 is 1.52 bits per heavy atom. The maximum atomic E-state index is 12.5. The van der Waals surface area contributed by atoms with E-state index in [0.717, 1.165) is 12.8 Å². The first-order valence-corrected chi connectivity index (χ1v) is 9.40. The van der Waals surface area contributed by atoms with E-state index in [4.69, 9.17) is 5.26 Å². The van der Waals surface area contributed by atoms with Gasteiger partial charge in [0.1, 0.15) is 6.07 Å². The van der Waals surface area contributed by atoms with E-state index >= 15 is 0 Å². The third-order valence-electron chi connectivity index (χ3n) is 4.45. The molecule has 0 atom stereocenters. The van der Waals surface area contributed by atoms with Crippen LogP contribution < -0.4 is 10.6 Å². The normalized spacial score (nSPS) is 10.0. The summed E-state index contributed by atoms with van der Waals surface area (Å²) in [6.07, 6.45) is 1.72. The van der Waals surface area contributed by atoms with Crippen LogP contribution in [0.25, 0.3) is 0 Å². The van der Waals surface area contributed by atoms with Gasteiger partial charge in [0.25, 0.3) is 11.8 Å². The molecule has 2 amide bonds. The summed E-state index contributed by atoms with van der Waals surface area (Å²) in [4.78, 5) is 24.9. The topological polar surface area (TPSA) is 82.0 Å². The van der Waals surface area contributed by atoms with Crippen LogP contribution in [0.2, 0.25) is 0 Å². The maximum absolute atomic E-state index is 12.5. The zero-order chi connectivity index (χ0) is 20.5. The van der Waals surface area contributed by atoms with E-state index in [0.29, 0.717) is 28.9 Å².